The summed E-state index contributed by atoms with van der Waals surface area (Å²) in [5.74, 6) is 6.13. The van der Waals surface area contributed by atoms with Gasteiger partial charge >= 0.3 is 0 Å². The lowest BCUT2D eigenvalue weighted by molar-refractivity contribution is -0.383. The first-order valence-corrected chi connectivity index (χ1v) is 9.18. The van der Waals surface area contributed by atoms with E-state index in [1.165, 1.54) is 34.2 Å². The predicted molar refractivity (Wildman–Crippen MR) is 101 cm³/mol. The molecule has 134 valence electrons. The summed E-state index contributed by atoms with van der Waals surface area (Å²) in [5, 5.41) is 23.4. The van der Waals surface area contributed by atoms with Gasteiger partial charge in [0.2, 0.25) is 11.1 Å². The molecule has 0 aliphatic rings. The summed E-state index contributed by atoms with van der Waals surface area (Å²) < 4.78 is 1.32. The minimum absolute atomic E-state index is 0.142. The number of nitrogen functional groups attached to an aromatic ring is 1. The first kappa shape index (κ1) is 17.9. The first-order valence-electron chi connectivity index (χ1n) is 7.42. The molecule has 0 fully saturated rings. The smallest absolute Gasteiger partial charge is 0.292 e. The van der Waals surface area contributed by atoms with Gasteiger partial charge in [-0.3, -0.25) is 14.9 Å². The van der Waals surface area contributed by atoms with Gasteiger partial charge in [-0.1, -0.05) is 30.0 Å². The number of nitrogens with two attached hydrogens (primary N) is 1. The van der Waals surface area contributed by atoms with Crippen molar-refractivity contribution in [3.8, 4) is 10.7 Å². The molecule has 3 rings (SSSR count). The number of aromatic nitrogens is 3. The van der Waals surface area contributed by atoms with E-state index in [1.54, 1.807) is 13.0 Å². The van der Waals surface area contributed by atoms with Crippen LogP contribution in [0.4, 0.5) is 11.4 Å². The number of benzene rings is 1. The zero-order valence-corrected chi connectivity index (χ0v) is 15.2. The third kappa shape index (κ3) is 3.68. The molecule has 1 atom stereocenters. The van der Waals surface area contributed by atoms with Crippen LogP contribution in [0.2, 0.25) is 0 Å². The summed E-state index contributed by atoms with van der Waals surface area (Å²) in [7, 11) is 0. The van der Waals surface area contributed by atoms with Crippen LogP contribution < -0.4 is 11.2 Å². The maximum absolute atomic E-state index is 12.4. The van der Waals surface area contributed by atoms with E-state index in [4.69, 9.17) is 5.84 Å². The molecule has 3 aromatic rings. The summed E-state index contributed by atoms with van der Waals surface area (Å²) in [4.78, 5) is 23.7. The molecular formula is C15H14N6O3S2. The van der Waals surface area contributed by atoms with Gasteiger partial charge in [-0.2, -0.15) is 0 Å². The quantitative estimate of drug-likeness (QED) is 0.286. The number of thioether (sulfide) groups is 1. The van der Waals surface area contributed by atoms with Crippen molar-refractivity contribution in [1.29, 1.82) is 0 Å². The number of nitro benzene ring substituents is 1. The summed E-state index contributed by atoms with van der Waals surface area (Å²) in [6, 6.07) is 9.71. The maximum atomic E-state index is 12.4. The zero-order valence-electron chi connectivity index (χ0n) is 13.5. The fourth-order valence-electron chi connectivity index (χ4n) is 2.12. The molecule has 0 aliphatic carbocycles. The molecule has 0 bridgehead atoms. The maximum Gasteiger partial charge on any atom is 0.292 e. The SMILES string of the molecule is CC(Sc1nnc(-c2cccs2)n1N)C(=O)Nc1ccccc1[N+](=O)[O-]. The molecule has 1 aromatic carbocycles. The van der Waals surface area contributed by atoms with Gasteiger partial charge in [0.1, 0.15) is 5.69 Å². The third-order valence-corrected chi connectivity index (χ3v) is 5.34. The van der Waals surface area contributed by atoms with Crippen LogP contribution in [0.1, 0.15) is 6.92 Å². The van der Waals surface area contributed by atoms with Gasteiger partial charge in [0.15, 0.2) is 5.82 Å². The van der Waals surface area contributed by atoms with Gasteiger partial charge in [-0.25, -0.2) is 4.68 Å². The Hall–Kier alpha value is -2.92. The minimum Gasteiger partial charge on any atom is -0.335 e. The molecule has 1 amide bonds. The first-order chi connectivity index (χ1) is 12.5. The lowest BCUT2D eigenvalue weighted by Crippen LogP contribution is -2.24. The number of nitro groups is 1. The Morgan fingerprint density at radius 1 is 1.35 bits per heavy atom. The number of carbonyl (C=O) groups is 1. The zero-order chi connectivity index (χ0) is 18.7. The van der Waals surface area contributed by atoms with Gasteiger partial charge in [0, 0.05) is 6.07 Å². The van der Waals surface area contributed by atoms with Crippen LogP contribution in [-0.4, -0.2) is 31.0 Å². The van der Waals surface area contributed by atoms with Crippen LogP contribution in [0.15, 0.2) is 46.9 Å². The second-order valence-corrected chi connectivity index (χ2v) is 7.43. The van der Waals surface area contributed by atoms with Crippen molar-refractivity contribution >= 4 is 40.4 Å². The molecule has 0 radical (unpaired) electrons. The molecular weight excluding hydrogens is 376 g/mol. The highest BCUT2D eigenvalue weighted by Gasteiger charge is 2.22. The Labute approximate surface area is 156 Å². The number of amides is 1. The lowest BCUT2D eigenvalue weighted by Gasteiger charge is -2.11. The average molecular weight is 390 g/mol. The van der Waals surface area contributed by atoms with Crippen molar-refractivity contribution in [2.45, 2.75) is 17.3 Å². The van der Waals surface area contributed by atoms with Crippen LogP contribution in [-0.2, 0) is 4.79 Å². The fourth-order valence-corrected chi connectivity index (χ4v) is 3.59. The van der Waals surface area contributed by atoms with Gasteiger partial charge < -0.3 is 11.2 Å². The topological polar surface area (TPSA) is 129 Å². The van der Waals surface area contributed by atoms with Crippen LogP contribution in [0.3, 0.4) is 0 Å². The number of hydrogen-bond donors (Lipinski definition) is 2. The summed E-state index contributed by atoms with van der Waals surface area (Å²) in [5.41, 5.74) is -0.0246. The van der Waals surface area contributed by atoms with E-state index < -0.39 is 16.1 Å². The number of carbonyl (C=O) groups excluding carboxylic acids is 1. The number of rotatable bonds is 6. The number of thiophene rings is 1. The standard InChI is InChI=1S/C15H14N6O3S2/c1-9(14(22)17-10-5-2-3-6-11(10)21(23)24)26-15-19-18-13(20(15)16)12-7-4-8-25-12/h2-9H,16H2,1H3,(H,17,22). The van der Waals surface area contributed by atoms with Crippen LogP contribution in [0.25, 0.3) is 10.7 Å². The second-order valence-electron chi connectivity index (χ2n) is 5.18. The summed E-state index contributed by atoms with van der Waals surface area (Å²) in [6.45, 7) is 1.66. The monoisotopic (exact) mass is 390 g/mol. The van der Waals surface area contributed by atoms with E-state index in [0.29, 0.717) is 11.0 Å². The fraction of sp³-hybridized carbons (Fsp3) is 0.133. The predicted octanol–water partition coefficient (Wildman–Crippen LogP) is 2.75. The Balaban J connectivity index is 1.72. The van der Waals surface area contributed by atoms with E-state index in [0.717, 1.165) is 16.6 Å². The Morgan fingerprint density at radius 3 is 2.81 bits per heavy atom. The van der Waals surface area contributed by atoms with Crippen LogP contribution in [0.5, 0.6) is 0 Å². The van der Waals surface area contributed by atoms with E-state index in [1.807, 2.05) is 17.5 Å². The molecule has 1 unspecified atom stereocenters. The molecule has 9 nitrogen and oxygen atoms in total. The van der Waals surface area contributed by atoms with Crippen LogP contribution >= 0.6 is 23.1 Å². The summed E-state index contributed by atoms with van der Waals surface area (Å²) in [6.07, 6.45) is 0. The molecule has 0 aliphatic heterocycles. The van der Waals surface area contributed by atoms with Gasteiger partial charge in [0.25, 0.3) is 5.69 Å². The molecule has 2 heterocycles. The second kappa shape index (κ2) is 7.54. The number of para-hydroxylation sites is 2. The molecule has 0 saturated heterocycles. The van der Waals surface area contributed by atoms with E-state index in [9.17, 15) is 14.9 Å². The van der Waals surface area contributed by atoms with Crippen molar-refractivity contribution in [3.63, 3.8) is 0 Å². The largest absolute Gasteiger partial charge is 0.335 e. The number of nitrogens with zero attached hydrogens (tertiary/aromatic N) is 4. The molecule has 11 heteroatoms. The minimum atomic E-state index is -0.586. The van der Waals surface area contributed by atoms with Crippen molar-refractivity contribution < 1.29 is 9.72 Å². The molecule has 26 heavy (non-hydrogen) atoms. The number of anilines is 1. The lowest BCUT2D eigenvalue weighted by atomic mass is 10.2. The molecule has 3 N–H and O–H groups in total. The van der Waals surface area contributed by atoms with Crippen molar-refractivity contribution in [2.24, 2.45) is 0 Å². The molecule has 2 aromatic heterocycles. The highest BCUT2D eigenvalue weighted by atomic mass is 32.2. The average Bonchev–Trinajstić information content (AvgIpc) is 3.25. The highest BCUT2D eigenvalue weighted by Crippen LogP contribution is 2.29. The van der Waals surface area contributed by atoms with E-state index >= 15 is 0 Å². The van der Waals surface area contributed by atoms with Crippen molar-refractivity contribution in [2.75, 3.05) is 11.2 Å². The van der Waals surface area contributed by atoms with E-state index in [-0.39, 0.29) is 11.4 Å². The Morgan fingerprint density at radius 2 is 2.12 bits per heavy atom. The van der Waals surface area contributed by atoms with Crippen LogP contribution in [0, 0.1) is 10.1 Å². The van der Waals surface area contributed by atoms with Gasteiger partial charge in [-0.15, -0.1) is 21.5 Å². The van der Waals surface area contributed by atoms with E-state index in [2.05, 4.69) is 15.5 Å². The highest BCUT2D eigenvalue weighted by molar-refractivity contribution is 8.00. The van der Waals surface area contributed by atoms with Crippen molar-refractivity contribution in [1.82, 2.24) is 14.9 Å². The Kier molecular flexibility index (Phi) is 5.19. The summed E-state index contributed by atoms with van der Waals surface area (Å²) >= 11 is 2.60. The number of nitrogens with one attached hydrogen (secondary N) is 1. The molecule has 0 spiro atoms. The van der Waals surface area contributed by atoms with Gasteiger partial charge in [-0.05, 0) is 24.4 Å². The third-order valence-electron chi connectivity index (χ3n) is 3.42. The Bertz CT molecular complexity index is 941. The number of hydrogen-bond acceptors (Lipinski definition) is 8. The van der Waals surface area contributed by atoms with Crippen molar-refractivity contribution in [3.05, 3.63) is 51.9 Å². The molecule has 0 saturated carbocycles. The normalized spacial score (nSPS) is 11.9. The van der Waals surface area contributed by atoms with Gasteiger partial charge in [0.05, 0.1) is 15.1 Å².